The number of nitrogens with one attached hydrogen (secondary N) is 1. The van der Waals surface area contributed by atoms with Crippen molar-refractivity contribution in [2.24, 2.45) is 0 Å². The molecular formula is C20H16InNO3S. The molecule has 0 aliphatic carbocycles. The number of allylic oxidation sites excluding steroid dienone is 1. The third kappa shape index (κ3) is 2.46. The molecule has 4 bridgehead atoms. The van der Waals surface area contributed by atoms with Gasteiger partial charge in [-0.15, -0.1) is 0 Å². The van der Waals surface area contributed by atoms with E-state index in [1.165, 1.54) is 35.1 Å². The number of ether oxygens (including phenoxy) is 1. The van der Waals surface area contributed by atoms with Gasteiger partial charge in [-0.2, -0.15) is 0 Å². The SMILES string of the molecule is COc1ccc(C[C]2=Cc3c4ccc[c]3[In]2[CH]4C2SC(=O)NC2=O)cc1. The fraction of sp³-hybridized carbons (Fsp3) is 0.200. The molecule has 2 atom stereocenters. The zero-order valence-corrected chi connectivity index (χ0v) is 18.3. The number of carbonyl (C=O) groups is 2. The second-order valence-corrected chi connectivity index (χ2v) is 16.7. The molecule has 1 fully saturated rings. The Morgan fingerprint density at radius 3 is 2.62 bits per heavy atom. The van der Waals surface area contributed by atoms with Crippen molar-refractivity contribution in [3.05, 3.63) is 62.5 Å². The van der Waals surface area contributed by atoms with Crippen molar-refractivity contribution in [1.29, 1.82) is 0 Å². The van der Waals surface area contributed by atoms with E-state index in [1.54, 1.807) is 7.11 Å². The van der Waals surface area contributed by atoms with Crippen LogP contribution in [-0.2, 0) is 11.2 Å². The number of methoxy groups -OCH3 is 1. The Labute approximate surface area is 163 Å². The summed E-state index contributed by atoms with van der Waals surface area (Å²) in [6, 6.07) is 14.7. The summed E-state index contributed by atoms with van der Waals surface area (Å²) in [6.45, 7) is 0. The quantitative estimate of drug-likeness (QED) is 0.755. The molecule has 0 spiro atoms. The van der Waals surface area contributed by atoms with E-state index >= 15 is 0 Å². The molecule has 2 aromatic rings. The Balaban J connectivity index is 1.48. The summed E-state index contributed by atoms with van der Waals surface area (Å²) in [5, 5.41) is 2.03. The first-order valence-electron chi connectivity index (χ1n) is 8.63. The summed E-state index contributed by atoms with van der Waals surface area (Å²) in [5.41, 5.74) is 3.91. The van der Waals surface area contributed by atoms with E-state index in [-0.39, 0.29) is 20.1 Å². The summed E-state index contributed by atoms with van der Waals surface area (Å²) < 4.78 is 8.54. The van der Waals surface area contributed by atoms with E-state index in [0.29, 0.717) is 0 Å². The van der Waals surface area contributed by atoms with Gasteiger partial charge in [-0.1, -0.05) is 0 Å². The van der Waals surface area contributed by atoms with Gasteiger partial charge < -0.3 is 0 Å². The molecule has 3 aliphatic heterocycles. The van der Waals surface area contributed by atoms with E-state index in [2.05, 4.69) is 41.7 Å². The molecule has 2 aromatic carbocycles. The van der Waals surface area contributed by atoms with E-state index in [1.807, 2.05) is 12.1 Å². The number of imide groups is 1. The summed E-state index contributed by atoms with van der Waals surface area (Å²) in [5.74, 6) is 0.757. The summed E-state index contributed by atoms with van der Waals surface area (Å²) in [7, 11) is 1.67. The van der Waals surface area contributed by atoms with E-state index in [4.69, 9.17) is 4.74 Å². The van der Waals surface area contributed by atoms with Gasteiger partial charge >= 0.3 is 164 Å². The van der Waals surface area contributed by atoms with Crippen LogP contribution in [0.15, 0.2) is 45.8 Å². The van der Waals surface area contributed by atoms with Crippen molar-refractivity contribution in [3.63, 3.8) is 0 Å². The number of hydrogen-bond donors (Lipinski definition) is 1. The maximum atomic E-state index is 12.4. The molecule has 6 heteroatoms. The Bertz CT molecular complexity index is 970. The molecule has 1 saturated heterocycles. The maximum absolute atomic E-state index is 12.4. The molecule has 128 valence electrons. The first-order chi connectivity index (χ1) is 12.7. The average Bonchev–Trinajstić information content (AvgIpc) is 3.21. The normalized spacial score (nSPS) is 22.7. The van der Waals surface area contributed by atoms with E-state index < -0.39 is 21.4 Å². The van der Waals surface area contributed by atoms with E-state index in [0.717, 1.165) is 12.2 Å². The minimum atomic E-state index is -2.38. The second kappa shape index (κ2) is 6.20. The molecule has 0 aromatic heterocycles. The molecule has 4 nitrogen and oxygen atoms in total. The number of benzene rings is 2. The predicted molar refractivity (Wildman–Crippen MR) is 104 cm³/mol. The van der Waals surface area contributed by atoms with Crippen molar-refractivity contribution in [2.45, 2.75) is 15.3 Å². The van der Waals surface area contributed by atoms with Crippen LogP contribution in [0.5, 0.6) is 5.75 Å². The van der Waals surface area contributed by atoms with Gasteiger partial charge in [-0.25, -0.2) is 0 Å². The number of thioether (sulfide) groups is 1. The zero-order chi connectivity index (χ0) is 17.8. The molecule has 0 radical (unpaired) electrons. The van der Waals surface area contributed by atoms with Gasteiger partial charge in [0.25, 0.3) is 0 Å². The van der Waals surface area contributed by atoms with Crippen LogP contribution in [0.4, 0.5) is 4.79 Å². The molecule has 1 N–H and O–H groups in total. The van der Waals surface area contributed by atoms with Crippen molar-refractivity contribution >= 4 is 53.7 Å². The fourth-order valence-corrected chi connectivity index (χ4v) is 18.8. The zero-order valence-electron chi connectivity index (χ0n) is 14.2. The van der Waals surface area contributed by atoms with Crippen LogP contribution in [0.2, 0.25) is 0 Å². The van der Waals surface area contributed by atoms with Crippen LogP contribution >= 0.6 is 11.8 Å². The van der Waals surface area contributed by atoms with Crippen LogP contribution < -0.4 is 13.4 Å². The summed E-state index contributed by atoms with van der Waals surface area (Å²) in [6.07, 6.45) is 3.30. The molecule has 0 saturated carbocycles. The summed E-state index contributed by atoms with van der Waals surface area (Å²) in [4.78, 5) is 24.1. The van der Waals surface area contributed by atoms with Crippen LogP contribution in [-0.4, -0.2) is 44.9 Å². The van der Waals surface area contributed by atoms with Gasteiger partial charge in [0.2, 0.25) is 0 Å². The van der Waals surface area contributed by atoms with Crippen molar-refractivity contribution in [1.82, 2.24) is 5.32 Å². The fourth-order valence-electron chi connectivity index (χ4n) is 4.49. The molecule has 2 unspecified atom stereocenters. The first kappa shape index (κ1) is 16.5. The minimum absolute atomic E-state index is 0.106. The van der Waals surface area contributed by atoms with Gasteiger partial charge in [0.1, 0.15) is 0 Å². The Morgan fingerprint density at radius 2 is 1.96 bits per heavy atom. The Hall–Kier alpha value is -1.66. The standard InChI is InChI=1S/C20H16NO3S.In/c1-24-17-11-9-14(10-12-17)5-4-8-15-6-2-3-7-16(15)13-18-19(22)21-20(23)25-18;/h2-3,7-13,18H,5H2,1H3,(H,21,22,23);. The first-order valence-corrected chi connectivity index (χ1v) is 14.7. The molecule has 2 amide bonds. The summed E-state index contributed by atoms with van der Waals surface area (Å²) >= 11 is -1.20. The topological polar surface area (TPSA) is 55.4 Å². The molecular weight excluding hydrogens is 449 g/mol. The van der Waals surface area contributed by atoms with Gasteiger partial charge in [0.05, 0.1) is 0 Å². The van der Waals surface area contributed by atoms with Gasteiger partial charge in [0, 0.05) is 0 Å². The van der Waals surface area contributed by atoms with Crippen LogP contribution in [0.3, 0.4) is 0 Å². The van der Waals surface area contributed by atoms with Gasteiger partial charge in [-0.3, -0.25) is 0 Å². The Morgan fingerprint density at radius 1 is 1.15 bits per heavy atom. The molecule has 3 heterocycles. The molecule has 26 heavy (non-hydrogen) atoms. The van der Waals surface area contributed by atoms with Crippen molar-refractivity contribution in [2.75, 3.05) is 7.11 Å². The van der Waals surface area contributed by atoms with Gasteiger partial charge in [-0.05, 0) is 0 Å². The third-order valence-corrected chi connectivity index (χ3v) is 18.3. The van der Waals surface area contributed by atoms with Gasteiger partial charge in [0.15, 0.2) is 0 Å². The molecule has 5 rings (SSSR count). The molecule has 3 aliphatic rings. The van der Waals surface area contributed by atoms with Crippen molar-refractivity contribution < 1.29 is 14.3 Å². The van der Waals surface area contributed by atoms with E-state index in [9.17, 15) is 9.59 Å². The van der Waals surface area contributed by atoms with Crippen molar-refractivity contribution in [3.8, 4) is 5.75 Å². The average molecular weight is 465 g/mol. The van der Waals surface area contributed by atoms with Crippen LogP contribution in [0.25, 0.3) is 6.08 Å². The number of carbonyl (C=O) groups excluding carboxylic acids is 2. The Kier molecular flexibility index (Phi) is 3.94. The van der Waals surface area contributed by atoms with Crippen LogP contribution in [0.1, 0.15) is 20.4 Å². The monoisotopic (exact) mass is 465 g/mol. The number of rotatable bonds is 4. The predicted octanol–water partition coefficient (Wildman–Crippen LogP) is 2.56. The van der Waals surface area contributed by atoms with Crippen LogP contribution in [0, 0.1) is 0 Å². The second-order valence-electron chi connectivity index (χ2n) is 6.91. The number of amides is 2. The number of hydrogen-bond acceptors (Lipinski definition) is 4. The third-order valence-electron chi connectivity index (χ3n) is 5.57.